The number of benzene rings is 2. The Labute approximate surface area is 172 Å². The molecular weight excluding hydrogens is 410 g/mol. The van der Waals surface area contributed by atoms with Crippen LogP contribution in [0.1, 0.15) is 0 Å². The lowest BCUT2D eigenvalue weighted by Crippen LogP contribution is -3.14. The van der Waals surface area contributed by atoms with Crippen molar-refractivity contribution in [2.75, 3.05) is 26.2 Å². The number of nitrogens with one attached hydrogen (secondary N) is 1. The highest BCUT2D eigenvalue weighted by atomic mass is 32.2. The number of rotatable bonds is 5. The molecule has 0 saturated carbocycles. The molecule has 2 heterocycles. The highest BCUT2D eigenvalue weighted by Gasteiger charge is 2.34. The van der Waals surface area contributed by atoms with Crippen LogP contribution in [0.5, 0.6) is 0 Å². The Morgan fingerprint density at radius 3 is 2.47 bits per heavy atom. The first kappa shape index (κ1) is 20.1. The summed E-state index contributed by atoms with van der Waals surface area (Å²) in [4.78, 5) is 28.2. The molecule has 2 aromatic carbocycles. The lowest BCUT2D eigenvalue weighted by Gasteiger charge is -2.31. The number of piperazine rings is 1. The van der Waals surface area contributed by atoms with E-state index in [0.717, 1.165) is 4.90 Å². The minimum absolute atomic E-state index is 0.136. The highest BCUT2D eigenvalue weighted by molar-refractivity contribution is 7.89. The second-order valence-corrected chi connectivity index (χ2v) is 8.98. The maximum atomic E-state index is 12.9. The molecule has 1 saturated heterocycles. The van der Waals surface area contributed by atoms with Crippen LogP contribution in [0, 0.1) is 10.1 Å². The summed E-state index contributed by atoms with van der Waals surface area (Å²) in [6.07, 6.45) is 1.51. The second-order valence-electron chi connectivity index (χ2n) is 7.07. The summed E-state index contributed by atoms with van der Waals surface area (Å²) < 4.78 is 28.6. The maximum Gasteiger partial charge on any atom is 0.289 e. The Morgan fingerprint density at radius 2 is 1.73 bits per heavy atom. The van der Waals surface area contributed by atoms with Gasteiger partial charge in [0.1, 0.15) is 6.33 Å². The fraction of sp³-hybridized carbons (Fsp3) is 0.263. The Morgan fingerprint density at radius 1 is 1.07 bits per heavy atom. The van der Waals surface area contributed by atoms with E-state index in [4.69, 9.17) is 0 Å². The van der Waals surface area contributed by atoms with Crippen LogP contribution in [0.4, 0.5) is 5.69 Å². The largest absolute Gasteiger partial charge is 0.315 e. The molecule has 1 aliphatic rings. The van der Waals surface area contributed by atoms with Crippen LogP contribution in [-0.4, -0.2) is 53.4 Å². The van der Waals surface area contributed by atoms with Crippen LogP contribution < -0.4 is 10.5 Å². The number of aromatic nitrogens is 2. The molecule has 0 spiro atoms. The van der Waals surface area contributed by atoms with Crippen LogP contribution in [0.3, 0.4) is 0 Å². The van der Waals surface area contributed by atoms with Gasteiger partial charge in [0.15, 0.2) is 11.6 Å². The number of para-hydroxylation sites is 2. The van der Waals surface area contributed by atoms with Gasteiger partial charge in [0.2, 0.25) is 10.0 Å². The molecular formula is C19H20N5O5S+. The smallest absolute Gasteiger partial charge is 0.289 e. The molecule has 156 valence electrons. The van der Waals surface area contributed by atoms with Gasteiger partial charge in [-0.15, -0.1) is 0 Å². The van der Waals surface area contributed by atoms with Crippen molar-refractivity contribution in [3.63, 3.8) is 0 Å². The Kier molecular flexibility index (Phi) is 5.33. The molecule has 4 rings (SSSR count). The number of sulfonamides is 1. The molecule has 0 atom stereocenters. The Hall–Kier alpha value is -3.15. The van der Waals surface area contributed by atoms with Crippen molar-refractivity contribution < 1.29 is 18.2 Å². The highest BCUT2D eigenvalue weighted by Crippen LogP contribution is 2.26. The quantitative estimate of drug-likeness (QED) is 0.444. The van der Waals surface area contributed by atoms with Crippen LogP contribution in [0.25, 0.3) is 10.9 Å². The number of nitrogens with zero attached hydrogens (tertiary/aromatic N) is 4. The van der Waals surface area contributed by atoms with Gasteiger partial charge in [-0.3, -0.25) is 14.9 Å². The van der Waals surface area contributed by atoms with E-state index in [1.807, 2.05) is 6.07 Å². The minimum atomic E-state index is -3.97. The monoisotopic (exact) mass is 430 g/mol. The van der Waals surface area contributed by atoms with Crippen molar-refractivity contribution >= 4 is 26.6 Å². The van der Waals surface area contributed by atoms with Gasteiger partial charge < -0.3 is 4.90 Å². The zero-order valence-corrected chi connectivity index (χ0v) is 16.8. The first-order valence-electron chi connectivity index (χ1n) is 9.39. The van der Waals surface area contributed by atoms with E-state index < -0.39 is 20.6 Å². The van der Waals surface area contributed by atoms with Crippen molar-refractivity contribution in [2.45, 2.75) is 11.6 Å². The summed E-state index contributed by atoms with van der Waals surface area (Å²) >= 11 is 0. The zero-order valence-electron chi connectivity index (χ0n) is 16.0. The maximum absolute atomic E-state index is 12.9. The average molecular weight is 430 g/mol. The van der Waals surface area contributed by atoms with E-state index in [1.54, 1.807) is 18.2 Å². The summed E-state index contributed by atoms with van der Waals surface area (Å²) in [6, 6.07) is 12.5. The number of nitro groups is 1. The van der Waals surface area contributed by atoms with Crippen molar-refractivity contribution in [2.24, 2.45) is 0 Å². The molecule has 0 unspecified atom stereocenters. The van der Waals surface area contributed by atoms with E-state index in [1.165, 1.54) is 39.5 Å². The van der Waals surface area contributed by atoms with E-state index in [-0.39, 0.29) is 23.5 Å². The first-order chi connectivity index (χ1) is 14.4. The number of fused-ring (bicyclic) bond motifs is 1. The van der Waals surface area contributed by atoms with Gasteiger partial charge in [0.05, 0.1) is 42.0 Å². The molecule has 0 amide bonds. The number of hydrogen-bond acceptors (Lipinski definition) is 6. The molecule has 0 bridgehead atoms. The molecule has 0 radical (unpaired) electrons. The fourth-order valence-corrected chi connectivity index (χ4v) is 5.22. The first-order valence-corrected chi connectivity index (χ1v) is 10.8. The Balaban J connectivity index is 1.49. The molecule has 0 aliphatic carbocycles. The number of quaternary nitrogens is 1. The topological polar surface area (TPSA) is 120 Å². The van der Waals surface area contributed by atoms with E-state index >= 15 is 0 Å². The van der Waals surface area contributed by atoms with E-state index in [2.05, 4.69) is 4.98 Å². The minimum Gasteiger partial charge on any atom is -0.315 e. The van der Waals surface area contributed by atoms with Crippen LogP contribution in [0.2, 0.25) is 0 Å². The zero-order chi connectivity index (χ0) is 21.3. The van der Waals surface area contributed by atoms with Crippen LogP contribution >= 0.6 is 0 Å². The predicted molar refractivity (Wildman–Crippen MR) is 109 cm³/mol. The van der Waals surface area contributed by atoms with Gasteiger partial charge in [-0.25, -0.2) is 18.0 Å². The van der Waals surface area contributed by atoms with Gasteiger partial charge in [-0.1, -0.05) is 24.3 Å². The summed E-state index contributed by atoms with van der Waals surface area (Å²) in [5.74, 6) is 0. The molecule has 1 aromatic heterocycles. The third kappa shape index (κ3) is 3.70. The standard InChI is InChI=1S/C19H19N5O5S/c25-19-15-5-1-2-6-16(15)20-13-22(19)14-21-9-11-23(12-10-21)30(28,29)18-8-4-3-7-17(18)24(26)27/h1-8,13H,9-12,14H2/p+1. The Bertz CT molecular complexity index is 1270. The number of nitro benzene ring substituents is 1. The fourth-order valence-electron chi connectivity index (χ4n) is 3.63. The van der Waals surface area contributed by atoms with Crippen molar-refractivity contribution in [1.82, 2.24) is 13.9 Å². The lowest BCUT2D eigenvalue weighted by molar-refractivity contribution is -0.926. The molecule has 30 heavy (non-hydrogen) atoms. The van der Waals surface area contributed by atoms with Gasteiger partial charge in [0.25, 0.3) is 11.2 Å². The van der Waals surface area contributed by atoms with Gasteiger partial charge in [0, 0.05) is 6.07 Å². The van der Waals surface area contributed by atoms with Crippen molar-refractivity contribution in [1.29, 1.82) is 0 Å². The van der Waals surface area contributed by atoms with Gasteiger partial charge >= 0.3 is 0 Å². The SMILES string of the molecule is O=c1c2ccccc2ncn1C[NH+]1CCN(S(=O)(=O)c2ccccc2[N+](=O)[O-])CC1. The third-order valence-electron chi connectivity index (χ3n) is 5.23. The summed E-state index contributed by atoms with van der Waals surface area (Å²) in [5, 5.41) is 11.8. The molecule has 1 aliphatic heterocycles. The lowest BCUT2D eigenvalue weighted by atomic mass is 10.2. The predicted octanol–water partition coefficient (Wildman–Crippen LogP) is -0.148. The third-order valence-corrected chi connectivity index (χ3v) is 7.18. The van der Waals surface area contributed by atoms with Crippen LogP contribution in [0.15, 0.2) is 64.5 Å². The molecule has 10 nitrogen and oxygen atoms in total. The molecule has 3 aromatic rings. The molecule has 11 heteroatoms. The van der Waals surface area contributed by atoms with Crippen molar-refractivity contribution in [3.05, 3.63) is 75.3 Å². The molecule has 1 fully saturated rings. The second kappa shape index (κ2) is 7.94. The normalized spacial score (nSPS) is 16.0. The summed E-state index contributed by atoms with van der Waals surface area (Å²) in [6.45, 7) is 1.73. The summed E-state index contributed by atoms with van der Waals surface area (Å²) in [7, 11) is -3.97. The average Bonchev–Trinajstić information content (AvgIpc) is 2.76. The van der Waals surface area contributed by atoms with Crippen LogP contribution in [-0.2, 0) is 16.7 Å². The van der Waals surface area contributed by atoms with Crippen molar-refractivity contribution in [3.8, 4) is 0 Å². The summed E-state index contributed by atoms with van der Waals surface area (Å²) in [5.41, 5.74) is 0.0678. The van der Waals surface area contributed by atoms with Gasteiger partial charge in [-0.05, 0) is 18.2 Å². The molecule has 1 N–H and O–H groups in total. The number of hydrogen-bond donors (Lipinski definition) is 1. The van der Waals surface area contributed by atoms with Gasteiger partial charge in [-0.2, -0.15) is 4.31 Å². The van der Waals surface area contributed by atoms with E-state index in [9.17, 15) is 23.3 Å². The van der Waals surface area contributed by atoms with E-state index in [0.29, 0.717) is 30.7 Å².